The SMILES string of the molecule is CC/C=C/C/C=C/C/C=C/C/C=C/C/C=C/C/C=C/C/C=C/CCCC(=O)OCC(COCCC(C(=O)O)[N+](C)(C)C)OC(=O)CCCCCC/C=C/C/C=C/C/C=C/C/C=C/C/C=C/C/C=C/CC. The molecule has 1 N–H and O–H groups in total. The van der Waals surface area contributed by atoms with Crippen molar-refractivity contribution in [2.24, 2.45) is 0 Å². The van der Waals surface area contributed by atoms with Crippen molar-refractivity contribution in [1.82, 2.24) is 0 Å². The Balaban J connectivity index is 4.44. The number of ether oxygens (including phenoxy) is 3. The molecule has 0 aliphatic rings. The molecule has 0 aliphatic heterocycles. The van der Waals surface area contributed by atoms with Crippen LogP contribution < -0.4 is 0 Å². The molecule has 0 saturated carbocycles. The molecular formula is C62H96NO7+. The fourth-order valence-electron chi connectivity index (χ4n) is 6.67. The third-order valence-corrected chi connectivity index (χ3v) is 10.7. The molecule has 0 aromatic carbocycles. The second-order valence-corrected chi connectivity index (χ2v) is 18.0. The zero-order valence-electron chi connectivity index (χ0n) is 44.4. The molecule has 0 bridgehead atoms. The van der Waals surface area contributed by atoms with Gasteiger partial charge in [0.15, 0.2) is 12.1 Å². The van der Waals surface area contributed by atoms with Crippen molar-refractivity contribution in [3.05, 3.63) is 158 Å². The molecule has 0 amide bonds. The van der Waals surface area contributed by atoms with Crippen LogP contribution in [0.15, 0.2) is 158 Å². The van der Waals surface area contributed by atoms with Crippen molar-refractivity contribution in [2.45, 2.75) is 174 Å². The van der Waals surface area contributed by atoms with Crippen molar-refractivity contribution in [2.75, 3.05) is 41.0 Å². The second kappa shape index (κ2) is 50.3. The molecular weight excluding hydrogens is 871 g/mol. The summed E-state index contributed by atoms with van der Waals surface area (Å²) in [5.74, 6) is -1.60. The van der Waals surface area contributed by atoms with Crippen molar-refractivity contribution in [3.8, 4) is 0 Å². The Bertz CT molecular complexity index is 1690. The first-order valence-corrected chi connectivity index (χ1v) is 26.5. The summed E-state index contributed by atoms with van der Waals surface area (Å²) in [7, 11) is 5.49. The molecule has 390 valence electrons. The molecule has 0 fully saturated rings. The third-order valence-electron chi connectivity index (χ3n) is 10.7. The lowest BCUT2D eigenvalue weighted by Gasteiger charge is -2.31. The van der Waals surface area contributed by atoms with Crippen molar-refractivity contribution in [3.63, 3.8) is 0 Å². The maximum atomic E-state index is 12.8. The predicted molar refractivity (Wildman–Crippen MR) is 297 cm³/mol. The average molecular weight is 967 g/mol. The van der Waals surface area contributed by atoms with E-state index < -0.39 is 18.1 Å². The number of carbonyl (C=O) groups is 3. The number of nitrogens with zero attached hydrogens (tertiary/aromatic N) is 1. The van der Waals surface area contributed by atoms with E-state index in [9.17, 15) is 19.5 Å². The zero-order valence-corrected chi connectivity index (χ0v) is 44.4. The van der Waals surface area contributed by atoms with Crippen LogP contribution in [0.25, 0.3) is 0 Å². The van der Waals surface area contributed by atoms with E-state index >= 15 is 0 Å². The zero-order chi connectivity index (χ0) is 51.3. The number of rotatable bonds is 45. The Labute approximate surface area is 427 Å². The lowest BCUT2D eigenvalue weighted by atomic mass is 10.1. The number of carboxylic acid groups (broad SMARTS) is 1. The van der Waals surface area contributed by atoms with Crippen molar-refractivity contribution in [1.29, 1.82) is 0 Å². The molecule has 0 radical (unpaired) electrons. The molecule has 8 heteroatoms. The topological polar surface area (TPSA) is 99.1 Å². The number of carbonyl (C=O) groups excluding carboxylic acids is 2. The molecule has 2 unspecified atom stereocenters. The molecule has 8 nitrogen and oxygen atoms in total. The number of allylic oxidation sites excluding steroid dienone is 26. The van der Waals surface area contributed by atoms with E-state index in [2.05, 4.69) is 172 Å². The van der Waals surface area contributed by atoms with Crippen LogP contribution in [0.1, 0.15) is 162 Å². The van der Waals surface area contributed by atoms with Crippen LogP contribution in [0.3, 0.4) is 0 Å². The molecule has 0 rings (SSSR count). The standard InChI is InChI=1S/C62H95NO7/c1-6-8-10-12-14-16-18-20-22-24-26-28-30-32-34-36-38-40-42-44-46-48-50-52-60(64)69-57-58(56-68-55-54-59(62(66)67)63(3,4)5)70-61(65)53-51-49-47-45-43-41-39-37-35-33-31-29-27-25-23-21-19-17-15-13-11-9-7-2/h8-11,14-17,20-23,26-29,32-35,38-41,44,46,58-59H,6-7,12-13,18-19,24-25,30-31,36-37,42-43,45,47-57H2,1-5H3/p+1/b10-8+,11-9+,16-14+,17-15+,22-20+,23-21+,28-26+,29-27+,34-32+,35-33+,40-38+,41-39+,46-44+. The van der Waals surface area contributed by atoms with Gasteiger partial charge in [-0.1, -0.05) is 185 Å². The van der Waals surface area contributed by atoms with Gasteiger partial charge in [0.2, 0.25) is 0 Å². The van der Waals surface area contributed by atoms with Crippen LogP contribution >= 0.6 is 0 Å². The number of carboxylic acids is 1. The average Bonchev–Trinajstić information content (AvgIpc) is 3.33. The van der Waals surface area contributed by atoms with Gasteiger partial charge in [0.1, 0.15) is 6.61 Å². The maximum absolute atomic E-state index is 12.8. The van der Waals surface area contributed by atoms with Gasteiger partial charge in [-0.3, -0.25) is 9.59 Å². The number of quaternary nitrogens is 1. The van der Waals surface area contributed by atoms with Gasteiger partial charge in [-0.25, -0.2) is 4.79 Å². The van der Waals surface area contributed by atoms with Gasteiger partial charge in [-0.2, -0.15) is 0 Å². The summed E-state index contributed by atoms with van der Waals surface area (Å²) in [4.78, 5) is 37.2. The first-order chi connectivity index (χ1) is 34.1. The fourth-order valence-corrected chi connectivity index (χ4v) is 6.67. The van der Waals surface area contributed by atoms with E-state index in [1.54, 1.807) is 0 Å². The van der Waals surface area contributed by atoms with E-state index in [0.717, 1.165) is 116 Å². The highest BCUT2D eigenvalue weighted by Gasteiger charge is 2.31. The number of esters is 2. The van der Waals surface area contributed by atoms with Gasteiger partial charge < -0.3 is 23.8 Å². The summed E-state index contributed by atoms with van der Waals surface area (Å²) in [6.45, 7) is 4.39. The molecule has 0 aliphatic carbocycles. The van der Waals surface area contributed by atoms with E-state index in [0.29, 0.717) is 19.3 Å². The Hall–Kier alpha value is -5.05. The third kappa shape index (κ3) is 48.0. The van der Waals surface area contributed by atoms with Gasteiger partial charge in [-0.05, 0) is 116 Å². The van der Waals surface area contributed by atoms with Gasteiger partial charge in [-0.15, -0.1) is 0 Å². The summed E-state index contributed by atoms with van der Waals surface area (Å²) >= 11 is 0. The largest absolute Gasteiger partial charge is 0.477 e. The monoisotopic (exact) mass is 967 g/mol. The van der Waals surface area contributed by atoms with Crippen LogP contribution in [-0.4, -0.2) is 80.6 Å². The highest BCUT2D eigenvalue weighted by atomic mass is 16.6. The van der Waals surface area contributed by atoms with Crippen LogP contribution in [0.5, 0.6) is 0 Å². The molecule has 0 saturated heterocycles. The number of aliphatic carboxylic acids is 1. The minimum Gasteiger partial charge on any atom is -0.477 e. The molecule has 0 aromatic heterocycles. The smallest absolute Gasteiger partial charge is 0.362 e. The lowest BCUT2D eigenvalue weighted by Crippen LogP contribution is -2.50. The highest BCUT2D eigenvalue weighted by Crippen LogP contribution is 2.12. The number of hydrogen-bond acceptors (Lipinski definition) is 6. The Kier molecular flexibility index (Phi) is 46.7. The van der Waals surface area contributed by atoms with E-state index in [1.165, 1.54) is 0 Å². The Morgan fingerprint density at radius 2 is 0.771 bits per heavy atom. The van der Waals surface area contributed by atoms with E-state index in [1.807, 2.05) is 21.1 Å². The first kappa shape index (κ1) is 65.0. The Morgan fingerprint density at radius 3 is 1.14 bits per heavy atom. The van der Waals surface area contributed by atoms with Crippen LogP contribution in [0.4, 0.5) is 0 Å². The number of unbranched alkanes of at least 4 members (excludes halogenated alkanes) is 5. The van der Waals surface area contributed by atoms with E-state index in [4.69, 9.17) is 14.2 Å². The minimum atomic E-state index is -0.895. The quantitative estimate of drug-likeness (QED) is 0.0281. The molecule has 2 atom stereocenters. The highest BCUT2D eigenvalue weighted by molar-refractivity contribution is 5.72. The molecule has 0 heterocycles. The molecule has 70 heavy (non-hydrogen) atoms. The normalized spacial score (nSPS) is 14.1. The number of hydrogen-bond donors (Lipinski definition) is 1. The van der Waals surface area contributed by atoms with E-state index in [-0.39, 0.29) is 49.1 Å². The number of likely N-dealkylation sites (N-methyl/N-ethyl adjacent to an activating group) is 1. The summed E-state index contributed by atoms with van der Waals surface area (Å²) in [6, 6.07) is -0.641. The Morgan fingerprint density at radius 1 is 0.429 bits per heavy atom. The van der Waals surface area contributed by atoms with Crippen LogP contribution in [-0.2, 0) is 28.6 Å². The fraction of sp³-hybridized carbons (Fsp3) is 0.532. The first-order valence-electron chi connectivity index (χ1n) is 26.5. The summed E-state index contributed by atoms with van der Waals surface area (Å²) in [5, 5.41) is 9.67. The molecule has 0 spiro atoms. The van der Waals surface area contributed by atoms with Crippen LogP contribution in [0.2, 0.25) is 0 Å². The van der Waals surface area contributed by atoms with Gasteiger partial charge in [0, 0.05) is 19.3 Å². The summed E-state index contributed by atoms with van der Waals surface area (Å²) in [5.41, 5.74) is 0. The minimum absolute atomic E-state index is 0.0196. The van der Waals surface area contributed by atoms with Gasteiger partial charge in [0.25, 0.3) is 0 Å². The van der Waals surface area contributed by atoms with Gasteiger partial charge in [0.05, 0.1) is 34.4 Å². The summed E-state index contributed by atoms with van der Waals surface area (Å²) < 4.78 is 17.3. The van der Waals surface area contributed by atoms with Crippen LogP contribution in [0, 0.1) is 0 Å². The lowest BCUT2D eigenvalue weighted by molar-refractivity contribution is -0.887. The summed E-state index contributed by atoms with van der Waals surface area (Å²) in [6.07, 6.45) is 75.9. The molecule has 0 aromatic rings. The second-order valence-electron chi connectivity index (χ2n) is 18.0. The maximum Gasteiger partial charge on any atom is 0.362 e. The van der Waals surface area contributed by atoms with Crippen molar-refractivity contribution >= 4 is 17.9 Å². The van der Waals surface area contributed by atoms with Crippen molar-refractivity contribution < 1.29 is 38.2 Å². The van der Waals surface area contributed by atoms with Gasteiger partial charge >= 0.3 is 17.9 Å². The predicted octanol–water partition coefficient (Wildman–Crippen LogP) is 15.9.